The zero-order valence-electron chi connectivity index (χ0n) is 13.2. The molecule has 0 bridgehead atoms. The molecule has 3 fully saturated rings. The molecule has 0 aromatic carbocycles. The molecule has 5 nitrogen and oxygen atoms in total. The monoisotopic (exact) mass is 295 g/mol. The zero-order valence-corrected chi connectivity index (χ0v) is 13.2. The van der Waals surface area contributed by atoms with E-state index in [0.29, 0.717) is 18.5 Å². The van der Waals surface area contributed by atoms with E-state index in [2.05, 4.69) is 9.80 Å². The quantitative estimate of drug-likeness (QED) is 0.839. The van der Waals surface area contributed by atoms with Crippen molar-refractivity contribution in [3.8, 4) is 0 Å². The molecule has 0 aromatic heterocycles. The summed E-state index contributed by atoms with van der Waals surface area (Å²) in [6.45, 7) is 3.99. The Morgan fingerprint density at radius 3 is 2.52 bits per heavy atom. The van der Waals surface area contributed by atoms with E-state index in [1.807, 2.05) is 0 Å². The van der Waals surface area contributed by atoms with Crippen molar-refractivity contribution in [1.82, 2.24) is 9.80 Å². The third kappa shape index (κ3) is 3.25. The van der Waals surface area contributed by atoms with Gasteiger partial charge in [-0.15, -0.1) is 0 Å². The Morgan fingerprint density at radius 2 is 1.95 bits per heavy atom. The fourth-order valence-electron chi connectivity index (χ4n) is 3.96. The predicted octanol–water partition coefficient (Wildman–Crippen LogP) is 0.970. The van der Waals surface area contributed by atoms with E-state index < -0.39 is 0 Å². The Hall–Kier alpha value is -0.650. The molecule has 1 saturated carbocycles. The summed E-state index contributed by atoms with van der Waals surface area (Å²) in [6, 6.07) is 0.918. The van der Waals surface area contributed by atoms with Crippen LogP contribution in [0.15, 0.2) is 0 Å². The van der Waals surface area contributed by atoms with E-state index in [-0.39, 0.29) is 11.5 Å². The standard InChI is InChI=1S/C16H29N3O2/c1-21-16(6-2-7-16)11-15(20)19-10-5-14(12-19)18-8-3-13(17)4-9-18/h13-14H,2-12,17H2,1H3. The Kier molecular flexibility index (Phi) is 4.52. The minimum atomic E-state index is -0.146. The van der Waals surface area contributed by atoms with Gasteiger partial charge < -0.3 is 15.4 Å². The molecule has 0 radical (unpaired) electrons. The van der Waals surface area contributed by atoms with Gasteiger partial charge in [0, 0.05) is 32.3 Å². The van der Waals surface area contributed by atoms with Crippen molar-refractivity contribution in [1.29, 1.82) is 0 Å². The van der Waals surface area contributed by atoms with E-state index in [9.17, 15) is 4.79 Å². The maximum absolute atomic E-state index is 12.5. The first-order valence-electron chi connectivity index (χ1n) is 8.44. The van der Waals surface area contributed by atoms with Crippen molar-refractivity contribution >= 4 is 5.91 Å². The van der Waals surface area contributed by atoms with Gasteiger partial charge in [0.05, 0.1) is 12.0 Å². The first-order chi connectivity index (χ1) is 10.1. The van der Waals surface area contributed by atoms with Crippen LogP contribution in [0.5, 0.6) is 0 Å². The molecule has 3 rings (SSSR count). The summed E-state index contributed by atoms with van der Waals surface area (Å²) in [5.41, 5.74) is 5.83. The molecular formula is C16H29N3O2. The van der Waals surface area contributed by atoms with Crippen molar-refractivity contribution in [2.75, 3.05) is 33.3 Å². The van der Waals surface area contributed by atoms with Gasteiger partial charge in [-0.25, -0.2) is 0 Å². The largest absolute Gasteiger partial charge is 0.378 e. The molecule has 1 unspecified atom stereocenters. The molecule has 21 heavy (non-hydrogen) atoms. The topological polar surface area (TPSA) is 58.8 Å². The third-order valence-corrected chi connectivity index (χ3v) is 5.78. The lowest BCUT2D eigenvalue weighted by atomic mass is 9.77. The lowest BCUT2D eigenvalue weighted by Crippen LogP contribution is -2.47. The van der Waals surface area contributed by atoms with Gasteiger partial charge in [-0.05, 0) is 51.6 Å². The summed E-state index contributed by atoms with van der Waals surface area (Å²) in [7, 11) is 1.75. The lowest BCUT2D eigenvalue weighted by molar-refractivity contribution is -0.143. The molecule has 2 heterocycles. The van der Waals surface area contributed by atoms with Crippen LogP contribution in [0.25, 0.3) is 0 Å². The average Bonchev–Trinajstić information content (AvgIpc) is 2.93. The number of rotatable bonds is 4. The van der Waals surface area contributed by atoms with Gasteiger partial charge in [-0.2, -0.15) is 0 Å². The van der Waals surface area contributed by atoms with Gasteiger partial charge in [0.15, 0.2) is 0 Å². The summed E-state index contributed by atoms with van der Waals surface area (Å²) < 4.78 is 5.59. The maximum atomic E-state index is 12.5. The van der Waals surface area contributed by atoms with E-state index in [4.69, 9.17) is 10.5 Å². The van der Waals surface area contributed by atoms with E-state index in [1.165, 1.54) is 6.42 Å². The summed E-state index contributed by atoms with van der Waals surface area (Å²) in [6.07, 6.45) is 7.14. The Morgan fingerprint density at radius 1 is 1.24 bits per heavy atom. The highest BCUT2D eigenvalue weighted by atomic mass is 16.5. The number of carbonyl (C=O) groups is 1. The number of methoxy groups -OCH3 is 1. The lowest BCUT2D eigenvalue weighted by Gasteiger charge is -2.41. The van der Waals surface area contributed by atoms with E-state index >= 15 is 0 Å². The number of nitrogens with zero attached hydrogens (tertiary/aromatic N) is 2. The molecule has 0 spiro atoms. The van der Waals surface area contributed by atoms with Gasteiger partial charge in [0.1, 0.15) is 0 Å². The molecular weight excluding hydrogens is 266 g/mol. The number of carbonyl (C=O) groups excluding carboxylic acids is 1. The van der Waals surface area contributed by atoms with Gasteiger partial charge in [-0.3, -0.25) is 9.69 Å². The average molecular weight is 295 g/mol. The number of amides is 1. The smallest absolute Gasteiger partial charge is 0.225 e. The van der Waals surface area contributed by atoms with Gasteiger partial charge in [-0.1, -0.05) is 0 Å². The first-order valence-corrected chi connectivity index (χ1v) is 8.44. The second kappa shape index (κ2) is 6.23. The van der Waals surface area contributed by atoms with Gasteiger partial charge in [0.2, 0.25) is 5.91 Å². The highest BCUT2D eigenvalue weighted by molar-refractivity contribution is 5.77. The summed E-state index contributed by atoms with van der Waals surface area (Å²) in [5.74, 6) is 0.285. The fraction of sp³-hybridized carbons (Fsp3) is 0.938. The second-order valence-electron chi connectivity index (χ2n) is 7.07. The number of ether oxygens (including phenoxy) is 1. The number of likely N-dealkylation sites (tertiary alicyclic amines) is 2. The minimum Gasteiger partial charge on any atom is -0.378 e. The van der Waals surface area contributed by atoms with Crippen LogP contribution in [0.4, 0.5) is 0 Å². The van der Waals surface area contributed by atoms with E-state index in [0.717, 1.165) is 58.3 Å². The fourth-order valence-corrected chi connectivity index (χ4v) is 3.96. The van der Waals surface area contributed by atoms with Crippen molar-refractivity contribution < 1.29 is 9.53 Å². The highest BCUT2D eigenvalue weighted by Crippen LogP contribution is 2.38. The number of hydrogen-bond acceptors (Lipinski definition) is 4. The number of piperidine rings is 1. The first kappa shape index (κ1) is 15.3. The Balaban J connectivity index is 1.48. The normalized spacial score (nSPS) is 30.4. The minimum absolute atomic E-state index is 0.146. The van der Waals surface area contributed by atoms with Crippen molar-refractivity contribution in [3.63, 3.8) is 0 Å². The number of hydrogen-bond donors (Lipinski definition) is 1. The van der Waals surface area contributed by atoms with Crippen LogP contribution in [0.3, 0.4) is 0 Å². The van der Waals surface area contributed by atoms with Gasteiger partial charge >= 0.3 is 0 Å². The molecule has 3 aliphatic rings. The molecule has 1 aliphatic carbocycles. The molecule has 2 N–H and O–H groups in total. The van der Waals surface area contributed by atoms with Crippen molar-refractivity contribution in [2.24, 2.45) is 5.73 Å². The van der Waals surface area contributed by atoms with Crippen LogP contribution >= 0.6 is 0 Å². The van der Waals surface area contributed by atoms with E-state index in [1.54, 1.807) is 7.11 Å². The molecule has 0 aromatic rings. The summed E-state index contributed by atoms with van der Waals surface area (Å²) >= 11 is 0. The van der Waals surface area contributed by atoms with Crippen molar-refractivity contribution in [3.05, 3.63) is 0 Å². The van der Waals surface area contributed by atoms with Gasteiger partial charge in [0.25, 0.3) is 0 Å². The second-order valence-corrected chi connectivity index (χ2v) is 7.07. The van der Waals surface area contributed by atoms with Crippen LogP contribution in [-0.4, -0.2) is 66.7 Å². The third-order valence-electron chi connectivity index (χ3n) is 5.78. The SMILES string of the molecule is COC1(CC(=O)N2CCC(N3CCC(N)CC3)C2)CCC1. The van der Waals surface area contributed by atoms with Crippen LogP contribution in [0.1, 0.15) is 44.9 Å². The zero-order chi connectivity index (χ0) is 14.9. The molecule has 2 saturated heterocycles. The Labute approximate surface area is 127 Å². The van der Waals surface area contributed by atoms with Crippen LogP contribution in [0.2, 0.25) is 0 Å². The van der Waals surface area contributed by atoms with Crippen LogP contribution < -0.4 is 5.73 Å². The van der Waals surface area contributed by atoms with Crippen LogP contribution in [0, 0.1) is 0 Å². The number of nitrogens with two attached hydrogens (primary N) is 1. The molecule has 5 heteroatoms. The Bertz CT molecular complexity index is 370. The maximum Gasteiger partial charge on any atom is 0.225 e. The summed E-state index contributed by atoms with van der Waals surface area (Å²) in [4.78, 5) is 17.1. The molecule has 120 valence electrons. The predicted molar refractivity (Wildman–Crippen MR) is 82.0 cm³/mol. The van der Waals surface area contributed by atoms with Crippen molar-refractivity contribution in [2.45, 2.75) is 62.6 Å². The molecule has 1 atom stereocenters. The van der Waals surface area contributed by atoms with Crippen LogP contribution in [-0.2, 0) is 9.53 Å². The highest BCUT2D eigenvalue weighted by Gasteiger charge is 2.41. The summed E-state index contributed by atoms with van der Waals surface area (Å²) in [5, 5.41) is 0. The molecule has 2 aliphatic heterocycles. The molecule has 1 amide bonds.